The molecular weight excluding hydrogens is 372 g/mol. The maximum atomic E-state index is 11.7. The smallest absolute Gasteiger partial charge is 0.302 e. The normalized spacial score (nSPS) is 12.1. The van der Waals surface area contributed by atoms with Crippen molar-refractivity contribution >= 4 is 31.9 Å². The molecule has 0 aliphatic rings. The number of carbonyl (C=O) groups excluding carboxylic acids is 1. The predicted molar refractivity (Wildman–Crippen MR) is 89.2 cm³/mol. The molecule has 0 atom stereocenters. The van der Waals surface area contributed by atoms with Gasteiger partial charge in [-0.25, -0.2) is 17.5 Å². The highest BCUT2D eigenvalue weighted by Gasteiger charge is 2.18. The van der Waals surface area contributed by atoms with Crippen LogP contribution in [0.15, 0.2) is 36.5 Å². The van der Waals surface area contributed by atoms with E-state index in [1.54, 1.807) is 0 Å². The zero-order valence-electron chi connectivity index (χ0n) is 12.7. The van der Waals surface area contributed by atoms with E-state index in [1.165, 1.54) is 30.3 Å². The van der Waals surface area contributed by atoms with Gasteiger partial charge in [0.05, 0.1) is 17.4 Å². The van der Waals surface area contributed by atoms with E-state index in [2.05, 4.69) is 4.72 Å². The van der Waals surface area contributed by atoms with Gasteiger partial charge in [-0.15, -0.1) is 0 Å². The summed E-state index contributed by atoms with van der Waals surface area (Å²) in [7, 11) is -7.89. The Morgan fingerprint density at radius 3 is 2.20 bits per heavy atom. The van der Waals surface area contributed by atoms with Gasteiger partial charge < -0.3 is 15.6 Å². The summed E-state index contributed by atoms with van der Waals surface area (Å²) in [5.74, 6) is -1.97. The number of carboxylic acids is 1. The molecule has 1 aromatic carbocycles. The minimum Gasteiger partial charge on any atom is -0.543 e. The number of benzene rings is 1. The number of hydrogen-bond donors (Lipinski definition) is 3. The third kappa shape index (κ3) is 4.36. The Labute approximate surface area is 144 Å². The molecule has 0 aliphatic heterocycles. The first-order valence-corrected chi connectivity index (χ1v) is 9.97. The summed E-state index contributed by atoms with van der Waals surface area (Å²) >= 11 is 0. The van der Waals surface area contributed by atoms with Crippen LogP contribution in [0.1, 0.15) is 10.5 Å². The van der Waals surface area contributed by atoms with Gasteiger partial charge in [-0.2, -0.15) is 8.42 Å². The van der Waals surface area contributed by atoms with Crippen LogP contribution in [0.25, 0.3) is 11.1 Å². The van der Waals surface area contributed by atoms with E-state index >= 15 is 0 Å². The Bertz CT molecular complexity index is 994. The summed E-state index contributed by atoms with van der Waals surface area (Å²) < 4.78 is 48.9. The molecule has 0 bridgehead atoms. The van der Waals surface area contributed by atoms with Gasteiger partial charge in [0.25, 0.3) is 0 Å². The molecule has 5 N–H and O–H groups in total. The van der Waals surface area contributed by atoms with Crippen molar-refractivity contribution in [2.75, 3.05) is 17.0 Å². The van der Waals surface area contributed by atoms with Gasteiger partial charge in [-0.05, 0) is 23.8 Å². The van der Waals surface area contributed by atoms with Crippen LogP contribution in [-0.4, -0.2) is 39.1 Å². The first-order valence-electron chi connectivity index (χ1n) is 6.82. The van der Waals surface area contributed by atoms with E-state index < -0.39 is 31.9 Å². The van der Waals surface area contributed by atoms with Gasteiger partial charge in [0.1, 0.15) is 0 Å². The molecule has 12 heteroatoms. The number of carbonyl (C=O) groups is 1. The van der Waals surface area contributed by atoms with E-state index in [9.17, 15) is 26.7 Å². The SMILES string of the molecule is NCCS(=O)(=O)Nc1ccc(-c2ccn(S(N)(=O)=O)c2C(=O)[O-])cc1. The Hall–Kier alpha value is -2.41. The summed E-state index contributed by atoms with van der Waals surface area (Å²) in [5, 5.41) is 16.3. The monoisotopic (exact) mass is 387 g/mol. The second-order valence-corrected chi connectivity index (χ2v) is 8.26. The van der Waals surface area contributed by atoms with E-state index in [0.717, 1.165) is 6.20 Å². The van der Waals surface area contributed by atoms with Crippen LogP contribution >= 0.6 is 0 Å². The summed E-state index contributed by atoms with van der Waals surface area (Å²) in [6.07, 6.45) is 0.994. The number of aromatic carboxylic acids is 1. The van der Waals surface area contributed by atoms with E-state index in [-0.39, 0.29) is 23.5 Å². The average Bonchev–Trinajstić information content (AvgIpc) is 2.92. The number of nitrogens with one attached hydrogen (secondary N) is 1. The maximum absolute atomic E-state index is 11.7. The fraction of sp³-hybridized carbons (Fsp3) is 0.154. The Morgan fingerprint density at radius 2 is 1.72 bits per heavy atom. The highest BCUT2D eigenvalue weighted by Crippen LogP contribution is 2.27. The number of aromatic nitrogens is 1. The van der Waals surface area contributed by atoms with Crippen molar-refractivity contribution in [1.29, 1.82) is 0 Å². The van der Waals surface area contributed by atoms with Crippen molar-refractivity contribution < 1.29 is 26.7 Å². The number of anilines is 1. The lowest BCUT2D eigenvalue weighted by Gasteiger charge is -2.11. The van der Waals surface area contributed by atoms with E-state index in [0.29, 0.717) is 9.54 Å². The number of sulfonamides is 1. The Kier molecular flexibility index (Phi) is 5.17. The van der Waals surface area contributed by atoms with Crippen LogP contribution in [0.2, 0.25) is 0 Å². The lowest BCUT2D eigenvalue weighted by atomic mass is 10.1. The number of nitrogens with zero attached hydrogens (tertiary/aromatic N) is 1. The molecule has 0 saturated carbocycles. The first-order chi connectivity index (χ1) is 11.5. The fourth-order valence-electron chi connectivity index (χ4n) is 2.16. The lowest BCUT2D eigenvalue weighted by molar-refractivity contribution is -0.255. The molecule has 10 nitrogen and oxygen atoms in total. The molecule has 25 heavy (non-hydrogen) atoms. The van der Waals surface area contributed by atoms with Crippen molar-refractivity contribution in [3.8, 4) is 11.1 Å². The molecule has 0 aliphatic carbocycles. The molecule has 1 aromatic heterocycles. The summed E-state index contributed by atoms with van der Waals surface area (Å²) in [4.78, 5) is 11.3. The number of nitrogens with two attached hydrogens (primary N) is 2. The molecular formula is C13H15N4O6S2-. The number of rotatable bonds is 7. The van der Waals surface area contributed by atoms with Crippen molar-refractivity contribution in [2.45, 2.75) is 0 Å². The van der Waals surface area contributed by atoms with E-state index in [4.69, 9.17) is 10.9 Å². The molecule has 0 amide bonds. The van der Waals surface area contributed by atoms with Crippen molar-refractivity contribution in [1.82, 2.24) is 3.97 Å². The molecule has 0 unspecified atom stereocenters. The first kappa shape index (κ1) is 18.9. The van der Waals surface area contributed by atoms with Crippen LogP contribution in [0.4, 0.5) is 5.69 Å². The summed E-state index contributed by atoms with van der Waals surface area (Å²) in [6.45, 7) is -0.0382. The third-order valence-corrected chi connectivity index (χ3v) is 5.35. The fourth-order valence-corrected chi connectivity index (χ4v) is 3.73. The number of hydrogen-bond acceptors (Lipinski definition) is 7. The summed E-state index contributed by atoms with van der Waals surface area (Å²) in [5.41, 5.74) is 5.23. The quantitative estimate of drug-likeness (QED) is 0.505. The minimum atomic E-state index is -4.31. The van der Waals surface area contributed by atoms with Gasteiger partial charge in [-0.3, -0.25) is 4.72 Å². The van der Waals surface area contributed by atoms with Crippen LogP contribution in [-0.2, 0) is 20.2 Å². The van der Waals surface area contributed by atoms with Crippen molar-refractivity contribution in [2.24, 2.45) is 10.9 Å². The van der Waals surface area contributed by atoms with Crippen LogP contribution in [0.5, 0.6) is 0 Å². The molecule has 0 spiro atoms. The average molecular weight is 387 g/mol. The van der Waals surface area contributed by atoms with Gasteiger partial charge in [-0.1, -0.05) is 12.1 Å². The largest absolute Gasteiger partial charge is 0.543 e. The highest BCUT2D eigenvalue weighted by molar-refractivity contribution is 7.92. The maximum Gasteiger partial charge on any atom is 0.302 e. The van der Waals surface area contributed by atoms with E-state index in [1.807, 2.05) is 0 Å². The molecule has 2 rings (SSSR count). The van der Waals surface area contributed by atoms with Crippen LogP contribution < -0.4 is 20.7 Å². The molecule has 2 aromatic rings. The second-order valence-electron chi connectivity index (χ2n) is 4.99. The van der Waals surface area contributed by atoms with Crippen molar-refractivity contribution in [3.05, 3.63) is 42.2 Å². The predicted octanol–water partition coefficient (Wildman–Crippen LogP) is -1.73. The van der Waals surface area contributed by atoms with Crippen molar-refractivity contribution in [3.63, 3.8) is 0 Å². The standard InChI is InChI=1S/C13H16N4O6S2/c14-6-8-24(20,21)16-10-3-1-9(2-4-10)11-5-7-17(25(15,22)23)12(11)13(18)19/h1-5,7,16H,6,8,14H2,(H,18,19)(H2,15,22,23)/p-1. The van der Waals surface area contributed by atoms with Gasteiger partial charge >= 0.3 is 10.2 Å². The van der Waals surface area contributed by atoms with Crippen LogP contribution in [0.3, 0.4) is 0 Å². The van der Waals surface area contributed by atoms with Gasteiger partial charge in [0, 0.05) is 24.0 Å². The van der Waals surface area contributed by atoms with Crippen LogP contribution in [0, 0.1) is 0 Å². The Balaban J connectivity index is 2.41. The lowest BCUT2D eigenvalue weighted by Crippen LogP contribution is -2.31. The molecule has 0 radical (unpaired) electrons. The molecule has 0 fully saturated rings. The Morgan fingerprint density at radius 1 is 1.12 bits per heavy atom. The number of carboxylic acid groups (broad SMARTS) is 1. The van der Waals surface area contributed by atoms with Gasteiger partial charge in [0.15, 0.2) is 0 Å². The second kappa shape index (κ2) is 6.84. The molecule has 1 heterocycles. The topological polar surface area (TPSA) is 177 Å². The molecule has 136 valence electrons. The minimum absolute atomic E-state index is 0.0382. The van der Waals surface area contributed by atoms with Gasteiger partial charge in [0.2, 0.25) is 10.0 Å². The molecule has 0 saturated heterocycles. The zero-order valence-corrected chi connectivity index (χ0v) is 14.4. The third-order valence-electron chi connectivity index (χ3n) is 3.18. The highest BCUT2D eigenvalue weighted by atomic mass is 32.2. The summed E-state index contributed by atoms with van der Waals surface area (Å²) in [6, 6.07) is 6.90. The zero-order chi connectivity index (χ0) is 18.8.